The summed E-state index contributed by atoms with van der Waals surface area (Å²) in [6.45, 7) is 0. The Kier molecular flexibility index (Phi) is 5.98. The Balaban J connectivity index is 1.63. The number of halogens is 1. The maximum atomic E-state index is 11.2. The van der Waals surface area contributed by atoms with E-state index in [-0.39, 0.29) is 5.92 Å². The van der Waals surface area contributed by atoms with E-state index in [1.165, 1.54) is 15.3 Å². The molecule has 1 aromatic carbocycles. The number of aliphatic hydroxyl groups is 1. The summed E-state index contributed by atoms with van der Waals surface area (Å²) in [5.74, 6) is 1.26. The largest absolute Gasteiger partial charge is 0.384 e. The summed E-state index contributed by atoms with van der Waals surface area (Å²) in [6, 6.07) is 16.1. The number of aliphatic hydroxyl groups excluding tert-OH is 1. The third kappa shape index (κ3) is 4.30. The van der Waals surface area contributed by atoms with Crippen molar-refractivity contribution in [3.63, 3.8) is 0 Å². The second-order valence-corrected chi connectivity index (χ2v) is 9.10. The number of nitrogens with zero attached hydrogens (tertiary/aromatic N) is 1. The van der Waals surface area contributed by atoms with Crippen molar-refractivity contribution in [2.45, 2.75) is 24.9 Å². The standard InChI is InChI=1S/C22H20ClNOS2/c23-17-8-5-15(6-9-17)7-10-20-21(22(25)16-3-1-11-24-13-16)18(14-27-20)19-4-2-12-26-19/h1-6,8-9,11-13,18,22,25H,7,10,14H2. The fourth-order valence-electron chi connectivity index (χ4n) is 3.46. The van der Waals surface area contributed by atoms with E-state index in [4.69, 9.17) is 11.6 Å². The van der Waals surface area contributed by atoms with Gasteiger partial charge in [-0.2, -0.15) is 0 Å². The van der Waals surface area contributed by atoms with Gasteiger partial charge in [-0.05, 0) is 58.5 Å². The van der Waals surface area contributed by atoms with E-state index in [0.717, 1.165) is 34.8 Å². The highest BCUT2D eigenvalue weighted by Crippen LogP contribution is 2.49. The molecule has 4 rings (SSSR count). The first-order valence-electron chi connectivity index (χ1n) is 8.94. The van der Waals surface area contributed by atoms with Crippen molar-refractivity contribution >= 4 is 34.7 Å². The van der Waals surface area contributed by atoms with Crippen molar-refractivity contribution in [3.8, 4) is 0 Å². The highest BCUT2D eigenvalue weighted by atomic mass is 35.5. The van der Waals surface area contributed by atoms with Crippen LogP contribution in [0.25, 0.3) is 0 Å². The Morgan fingerprint density at radius 2 is 1.96 bits per heavy atom. The molecule has 1 aliphatic heterocycles. The van der Waals surface area contributed by atoms with Gasteiger partial charge < -0.3 is 5.11 Å². The summed E-state index contributed by atoms with van der Waals surface area (Å²) in [5, 5.41) is 14.0. The molecule has 0 saturated heterocycles. The van der Waals surface area contributed by atoms with Crippen LogP contribution in [0.1, 0.15) is 34.4 Å². The summed E-state index contributed by atoms with van der Waals surface area (Å²) in [4.78, 5) is 6.82. The lowest BCUT2D eigenvalue weighted by Crippen LogP contribution is -2.10. The lowest BCUT2D eigenvalue weighted by Gasteiger charge is -2.20. The van der Waals surface area contributed by atoms with Crippen LogP contribution in [0.15, 0.2) is 76.8 Å². The number of aryl methyl sites for hydroxylation is 1. The molecule has 2 aromatic heterocycles. The van der Waals surface area contributed by atoms with Crippen LogP contribution in [-0.2, 0) is 6.42 Å². The van der Waals surface area contributed by atoms with E-state index in [9.17, 15) is 5.11 Å². The molecule has 2 nitrogen and oxygen atoms in total. The Labute approximate surface area is 172 Å². The highest BCUT2D eigenvalue weighted by Gasteiger charge is 2.33. The molecule has 0 radical (unpaired) electrons. The number of thioether (sulfide) groups is 1. The van der Waals surface area contributed by atoms with Gasteiger partial charge >= 0.3 is 0 Å². The van der Waals surface area contributed by atoms with Gasteiger partial charge in [-0.25, -0.2) is 0 Å². The minimum atomic E-state index is -0.610. The van der Waals surface area contributed by atoms with E-state index < -0.39 is 6.10 Å². The zero-order chi connectivity index (χ0) is 18.6. The molecule has 5 heteroatoms. The zero-order valence-electron chi connectivity index (χ0n) is 14.7. The Bertz CT molecular complexity index is 907. The summed E-state index contributed by atoms with van der Waals surface area (Å²) in [7, 11) is 0. The number of allylic oxidation sites excluding steroid dienone is 1. The van der Waals surface area contributed by atoms with Crippen LogP contribution in [0.4, 0.5) is 0 Å². The third-order valence-electron chi connectivity index (χ3n) is 4.86. The van der Waals surface area contributed by atoms with Gasteiger partial charge in [0, 0.05) is 39.5 Å². The first-order valence-corrected chi connectivity index (χ1v) is 11.2. The monoisotopic (exact) mass is 413 g/mol. The number of thiophene rings is 1. The lowest BCUT2D eigenvalue weighted by molar-refractivity contribution is 0.208. The Morgan fingerprint density at radius 1 is 1.11 bits per heavy atom. The molecule has 3 heterocycles. The molecule has 3 aromatic rings. The lowest BCUT2D eigenvalue weighted by atomic mass is 9.90. The van der Waals surface area contributed by atoms with Crippen LogP contribution < -0.4 is 0 Å². The van der Waals surface area contributed by atoms with Crippen molar-refractivity contribution in [1.82, 2.24) is 4.98 Å². The Hall–Kier alpha value is -1.59. The van der Waals surface area contributed by atoms with Crippen LogP contribution in [0.2, 0.25) is 5.02 Å². The van der Waals surface area contributed by atoms with Crippen LogP contribution >= 0.6 is 34.7 Å². The average molecular weight is 414 g/mol. The Morgan fingerprint density at radius 3 is 2.67 bits per heavy atom. The second-order valence-electron chi connectivity index (χ2n) is 6.57. The van der Waals surface area contributed by atoms with Gasteiger partial charge in [-0.15, -0.1) is 23.1 Å². The van der Waals surface area contributed by atoms with Gasteiger partial charge in [0.1, 0.15) is 6.10 Å². The van der Waals surface area contributed by atoms with Gasteiger partial charge in [0.25, 0.3) is 0 Å². The average Bonchev–Trinajstić information content (AvgIpc) is 3.37. The van der Waals surface area contributed by atoms with E-state index in [1.54, 1.807) is 23.7 Å². The maximum absolute atomic E-state index is 11.2. The third-order valence-corrected chi connectivity index (χ3v) is 7.38. The summed E-state index contributed by atoms with van der Waals surface area (Å²) in [5.41, 5.74) is 3.27. The number of hydrogen-bond acceptors (Lipinski definition) is 4. The molecular weight excluding hydrogens is 394 g/mol. The number of hydrogen-bond donors (Lipinski definition) is 1. The van der Waals surface area contributed by atoms with Gasteiger partial charge in [0.05, 0.1) is 0 Å². The topological polar surface area (TPSA) is 33.1 Å². The maximum Gasteiger partial charge on any atom is 0.103 e. The first-order chi connectivity index (χ1) is 13.2. The first kappa shape index (κ1) is 18.8. The highest BCUT2D eigenvalue weighted by molar-refractivity contribution is 8.03. The molecule has 27 heavy (non-hydrogen) atoms. The van der Waals surface area contributed by atoms with E-state index in [0.29, 0.717) is 0 Å². The van der Waals surface area contributed by atoms with Gasteiger partial charge in [0.2, 0.25) is 0 Å². The fraction of sp³-hybridized carbons (Fsp3) is 0.227. The van der Waals surface area contributed by atoms with Crippen LogP contribution in [0.3, 0.4) is 0 Å². The molecule has 2 unspecified atom stereocenters. The van der Waals surface area contributed by atoms with Crippen molar-refractivity contribution in [2.75, 3.05) is 5.75 Å². The molecule has 0 bridgehead atoms. The number of rotatable bonds is 6. The summed E-state index contributed by atoms with van der Waals surface area (Å²) >= 11 is 9.64. The molecule has 0 amide bonds. The van der Waals surface area contributed by atoms with Crippen molar-refractivity contribution in [2.24, 2.45) is 0 Å². The molecule has 0 saturated carbocycles. The van der Waals surface area contributed by atoms with Crippen molar-refractivity contribution in [1.29, 1.82) is 0 Å². The van der Waals surface area contributed by atoms with Gasteiger partial charge in [-0.1, -0.05) is 35.9 Å². The van der Waals surface area contributed by atoms with Crippen LogP contribution in [0.5, 0.6) is 0 Å². The van der Waals surface area contributed by atoms with Crippen molar-refractivity contribution < 1.29 is 5.11 Å². The molecule has 2 atom stereocenters. The predicted molar refractivity (Wildman–Crippen MR) is 116 cm³/mol. The molecule has 138 valence electrons. The van der Waals surface area contributed by atoms with Crippen LogP contribution in [-0.4, -0.2) is 15.8 Å². The van der Waals surface area contributed by atoms with Gasteiger partial charge in [0.15, 0.2) is 0 Å². The van der Waals surface area contributed by atoms with E-state index in [2.05, 4.69) is 34.6 Å². The number of pyridine rings is 1. The van der Waals surface area contributed by atoms with E-state index in [1.807, 2.05) is 36.0 Å². The quantitative estimate of drug-likeness (QED) is 0.518. The predicted octanol–water partition coefficient (Wildman–Crippen LogP) is 6.25. The second kappa shape index (κ2) is 8.61. The fourth-order valence-corrected chi connectivity index (χ4v) is 5.93. The van der Waals surface area contributed by atoms with Crippen LogP contribution in [0, 0.1) is 0 Å². The smallest absolute Gasteiger partial charge is 0.103 e. The SMILES string of the molecule is OC(C1=C(CCc2ccc(Cl)cc2)SCC1c1cccs1)c1cccnc1. The van der Waals surface area contributed by atoms with Crippen molar-refractivity contribution in [3.05, 3.63) is 97.8 Å². The number of aromatic nitrogens is 1. The molecule has 0 aliphatic carbocycles. The molecule has 0 fully saturated rings. The normalized spacial score (nSPS) is 18.1. The minimum absolute atomic E-state index is 0.269. The molecule has 0 spiro atoms. The van der Waals surface area contributed by atoms with E-state index >= 15 is 0 Å². The molecule has 1 N–H and O–H groups in total. The summed E-state index contributed by atoms with van der Waals surface area (Å²) < 4.78 is 0. The summed E-state index contributed by atoms with van der Waals surface area (Å²) in [6.07, 6.45) is 4.77. The molecule has 1 aliphatic rings. The van der Waals surface area contributed by atoms with Gasteiger partial charge in [-0.3, -0.25) is 4.98 Å². The minimum Gasteiger partial charge on any atom is -0.384 e. The number of benzene rings is 1. The zero-order valence-corrected chi connectivity index (χ0v) is 17.1. The molecular formula is C22H20ClNOS2.